The van der Waals surface area contributed by atoms with Gasteiger partial charge in [0.1, 0.15) is 0 Å². The molecule has 4 heteroatoms. The average molecular weight is 407 g/mol. The molecule has 0 saturated heterocycles. The molecular formula is C26H31FN2O. The van der Waals surface area contributed by atoms with E-state index in [-0.39, 0.29) is 11.6 Å². The first-order chi connectivity index (χ1) is 14.7. The van der Waals surface area contributed by atoms with E-state index in [4.69, 9.17) is 4.74 Å². The summed E-state index contributed by atoms with van der Waals surface area (Å²) in [6.45, 7) is 4.84. The first-order valence-electron chi connectivity index (χ1n) is 11.0. The topological polar surface area (TPSA) is 35.0 Å². The van der Waals surface area contributed by atoms with Gasteiger partial charge < -0.3 is 4.74 Å². The fraction of sp³-hybridized carbons (Fsp3) is 0.385. The molecule has 1 aromatic heterocycles. The Morgan fingerprint density at radius 2 is 1.43 bits per heavy atom. The molecule has 30 heavy (non-hydrogen) atoms. The SMILES string of the molecule is CCCCCCc1ccc(-c2cnc(-c3ccc(OCCCC)c(F)c3)cn2)cc1. The molecule has 3 nitrogen and oxygen atoms in total. The van der Waals surface area contributed by atoms with E-state index in [1.807, 2.05) is 6.07 Å². The van der Waals surface area contributed by atoms with Crippen LogP contribution in [0.15, 0.2) is 54.9 Å². The second kappa shape index (κ2) is 11.4. The van der Waals surface area contributed by atoms with Crippen molar-refractivity contribution < 1.29 is 9.13 Å². The van der Waals surface area contributed by atoms with E-state index in [1.165, 1.54) is 37.3 Å². The molecule has 0 saturated carbocycles. The summed E-state index contributed by atoms with van der Waals surface area (Å²) in [6.07, 6.45) is 11.6. The zero-order valence-corrected chi connectivity index (χ0v) is 18.0. The van der Waals surface area contributed by atoms with Gasteiger partial charge in [-0.25, -0.2) is 4.39 Å². The number of benzene rings is 2. The van der Waals surface area contributed by atoms with Gasteiger partial charge in [0.05, 0.1) is 30.4 Å². The number of nitrogens with zero attached hydrogens (tertiary/aromatic N) is 2. The lowest BCUT2D eigenvalue weighted by Crippen LogP contribution is -1.99. The van der Waals surface area contributed by atoms with Gasteiger partial charge in [-0.05, 0) is 43.0 Å². The molecule has 0 aliphatic carbocycles. The van der Waals surface area contributed by atoms with Crippen LogP contribution in [0.1, 0.15) is 57.9 Å². The summed E-state index contributed by atoms with van der Waals surface area (Å²) < 4.78 is 19.8. The summed E-state index contributed by atoms with van der Waals surface area (Å²) in [7, 11) is 0. The number of ether oxygens (including phenoxy) is 1. The van der Waals surface area contributed by atoms with Gasteiger partial charge in [0.15, 0.2) is 11.6 Å². The predicted molar refractivity (Wildman–Crippen MR) is 121 cm³/mol. The Bertz CT molecular complexity index is 907. The third-order valence-electron chi connectivity index (χ3n) is 5.20. The maximum absolute atomic E-state index is 14.3. The smallest absolute Gasteiger partial charge is 0.165 e. The van der Waals surface area contributed by atoms with E-state index in [0.29, 0.717) is 17.9 Å². The van der Waals surface area contributed by atoms with E-state index in [0.717, 1.165) is 30.5 Å². The van der Waals surface area contributed by atoms with Gasteiger partial charge in [0.25, 0.3) is 0 Å². The Balaban J connectivity index is 1.64. The Labute approximate surface area is 179 Å². The van der Waals surface area contributed by atoms with E-state index in [1.54, 1.807) is 18.5 Å². The first kappa shape index (κ1) is 21.9. The van der Waals surface area contributed by atoms with E-state index < -0.39 is 0 Å². The van der Waals surface area contributed by atoms with Gasteiger partial charge >= 0.3 is 0 Å². The van der Waals surface area contributed by atoms with Crippen molar-refractivity contribution in [2.45, 2.75) is 58.8 Å². The monoisotopic (exact) mass is 406 g/mol. The Morgan fingerprint density at radius 1 is 0.767 bits per heavy atom. The molecule has 0 aliphatic heterocycles. The summed E-state index contributed by atoms with van der Waals surface area (Å²) in [4.78, 5) is 9.03. The first-order valence-corrected chi connectivity index (χ1v) is 11.0. The number of rotatable bonds is 11. The minimum atomic E-state index is -0.371. The highest BCUT2D eigenvalue weighted by Gasteiger charge is 2.08. The highest BCUT2D eigenvalue weighted by molar-refractivity contribution is 5.63. The Kier molecular flexibility index (Phi) is 8.37. The molecule has 0 bridgehead atoms. The molecule has 0 atom stereocenters. The van der Waals surface area contributed by atoms with Gasteiger partial charge in [0.2, 0.25) is 0 Å². The molecule has 0 N–H and O–H groups in total. The number of hydrogen-bond acceptors (Lipinski definition) is 3. The molecular weight excluding hydrogens is 375 g/mol. The Hall–Kier alpha value is -2.75. The fourth-order valence-electron chi connectivity index (χ4n) is 3.33. The summed E-state index contributed by atoms with van der Waals surface area (Å²) >= 11 is 0. The van der Waals surface area contributed by atoms with Crippen LogP contribution in [0.3, 0.4) is 0 Å². The van der Waals surface area contributed by atoms with E-state index in [2.05, 4.69) is 48.1 Å². The molecule has 0 radical (unpaired) electrons. The summed E-state index contributed by atoms with van der Waals surface area (Å²) in [6, 6.07) is 13.5. The molecule has 1 heterocycles. The van der Waals surface area contributed by atoms with Crippen molar-refractivity contribution in [2.24, 2.45) is 0 Å². The van der Waals surface area contributed by atoms with Crippen LogP contribution in [0.2, 0.25) is 0 Å². The molecule has 0 amide bonds. The zero-order chi connectivity index (χ0) is 21.2. The normalized spacial score (nSPS) is 10.9. The molecule has 3 aromatic rings. The molecule has 0 fully saturated rings. The molecule has 3 rings (SSSR count). The standard InChI is InChI=1S/C26H31FN2O/c1-3-5-7-8-9-20-10-12-21(13-11-20)24-18-29-25(19-28-24)22-14-15-26(23(27)17-22)30-16-6-4-2/h10-15,17-19H,3-9,16H2,1-2H3. The molecule has 0 aliphatic rings. The zero-order valence-electron chi connectivity index (χ0n) is 18.0. The minimum absolute atomic E-state index is 0.284. The highest BCUT2D eigenvalue weighted by Crippen LogP contribution is 2.25. The highest BCUT2D eigenvalue weighted by atomic mass is 19.1. The van der Waals surface area contributed by atoms with Crippen molar-refractivity contribution in [1.29, 1.82) is 0 Å². The number of hydrogen-bond donors (Lipinski definition) is 0. The predicted octanol–water partition coefficient (Wildman–Crippen LogP) is 7.25. The lowest BCUT2D eigenvalue weighted by atomic mass is 10.0. The molecule has 0 unspecified atom stereocenters. The van der Waals surface area contributed by atoms with Crippen LogP contribution >= 0.6 is 0 Å². The summed E-state index contributed by atoms with van der Waals surface area (Å²) in [5, 5.41) is 0. The largest absolute Gasteiger partial charge is 0.491 e. The number of aryl methyl sites for hydroxylation is 1. The third kappa shape index (κ3) is 6.12. The second-order valence-corrected chi connectivity index (χ2v) is 7.64. The summed E-state index contributed by atoms with van der Waals surface area (Å²) in [5.74, 6) is -0.0874. The van der Waals surface area contributed by atoms with Gasteiger partial charge in [-0.2, -0.15) is 0 Å². The van der Waals surface area contributed by atoms with Gasteiger partial charge in [-0.3, -0.25) is 9.97 Å². The number of halogens is 1. The maximum Gasteiger partial charge on any atom is 0.165 e. The molecule has 158 valence electrons. The van der Waals surface area contributed by atoms with Gasteiger partial charge in [-0.15, -0.1) is 0 Å². The van der Waals surface area contributed by atoms with Crippen LogP contribution in [-0.2, 0) is 6.42 Å². The van der Waals surface area contributed by atoms with Crippen molar-refractivity contribution >= 4 is 0 Å². The van der Waals surface area contributed by atoms with Crippen molar-refractivity contribution in [3.63, 3.8) is 0 Å². The van der Waals surface area contributed by atoms with Crippen LogP contribution < -0.4 is 4.74 Å². The van der Waals surface area contributed by atoms with E-state index in [9.17, 15) is 4.39 Å². The number of unbranched alkanes of at least 4 members (excludes halogenated alkanes) is 4. The van der Waals surface area contributed by atoms with Crippen LogP contribution in [0.4, 0.5) is 4.39 Å². The molecule has 0 spiro atoms. The van der Waals surface area contributed by atoms with Crippen LogP contribution in [-0.4, -0.2) is 16.6 Å². The fourth-order valence-corrected chi connectivity index (χ4v) is 3.33. The minimum Gasteiger partial charge on any atom is -0.491 e. The average Bonchev–Trinajstić information content (AvgIpc) is 2.78. The van der Waals surface area contributed by atoms with Crippen LogP contribution in [0, 0.1) is 5.82 Å². The maximum atomic E-state index is 14.3. The lowest BCUT2D eigenvalue weighted by molar-refractivity contribution is 0.294. The number of aromatic nitrogens is 2. The summed E-state index contributed by atoms with van der Waals surface area (Å²) in [5.41, 5.74) is 4.55. The quantitative estimate of drug-likeness (QED) is 0.315. The lowest BCUT2D eigenvalue weighted by Gasteiger charge is -2.08. The van der Waals surface area contributed by atoms with Gasteiger partial charge in [0, 0.05) is 11.1 Å². The van der Waals surface area contributed by atoms with E-state index >= 15 is 0 Å². The van der Waals surface area contributed by atoms with Crippen molar-refractivity contribution in [1.82, 2.24) is 9.97 Å². The Morgan fingerprint density at radius 3 is 2.07 bits per heavy atom. The van der Waals surface area contributed by atoms with Crippen LogP contribution in [0.5, 0.6) is 5.75 Å². The second-order valence-electron chi connectivity index (χ2n) is 7.64. The van der Waals surface area contributed by atoms with Crippen molar-refractivity contribution in [3.05, 3.63) is 66.2 Å². The van der Waals surface area contributed by atoms with Crippen molar-refractivity contribution in [3.8, 4) is 28.3 Å². The van der Waals surface area contributed by atoms with Gasteiger partial charge in [-0.1, -0.05) is 63.8 Å². The van der Waals surface area contributed by atoms with Crippen LogP contribution in [0.25, 0.3) is 22.5 Å². The van der Waals surface area contributed by atoms with Crippen molar-refractivity contribution in [2.75, 3.05) is 6.61 Å². The third-order valence-corrected chi connectivity index (χ3v) is 5.20. The molecule has 2 aromatic carbocycles.